The van der Waals surface area contributed by atoms with Crippen LogP contribution in [0.5, 0.6) is 0 Å². The van der Waals surface area contributed by atoms with Crippen LogP contribution in [0.15, 0.2) is 46.4 Å². The Hall–Kier alpha value is -0.981. The van der Waals surface area contributed by atoms with Crippen LogP contribution < -0.4 is 0 Å². The van der Waals surface area contributed by atoms with E-state index in [1.54, 1.807) is 4.97 Å². The molecule has 60 valence electrons. The van der Waals surface area contributed by atoms with Gasteiger partial charge in [-0.25, -0.2) is 0 Å². The molecule has 1 unspecified atom stereocenters. The van der Waals surface area contributed by atoms with Gasteiger partial charge in [-0.05, 0) is 0 Å². The molecule has 1 heterocycles. The maximum absolute atomic E-state index is 11.1. The number of allylic oxidation sites excluding steroid dienone is 2. The monoisotopic (exact) mass is 224 g/mol. The second-order valence-electron chi connectivity index (χ2n) is 2.57. The fourth-order valence-electron chi connectivity index (χ4n) is 1.14. The molecule has 0 aromatic heterocycles. The van der Waals surface area contributed by atoms with Gasteiger partial charge in [-0.1, -0.05) is 0 Å². The van der Waals surface area contributed by atoms with Gasteiger partial charge in [0.25, 0.3) is 0 Å². The third-order valence-corrected chi connectivity index (χ3v) is 3.60. The summed E-state index contributed by atoms with van der Waals surface area (Å²) < 4.78 is 11.1. The fourth-order valence-corrected chi connectivity index (χ4v) is 2.87. The van der Waals surface area contributed by atoms with Crippen molar-refractivity contribution in [2.45, 2.75) is 0 Å². The molecule has 1 nitrogen and oxygen atoms in total. The van der Waals surface area contributed by atoms with Crippen molar-refractivity contribution in [3.8, 4) is 0 Å². The predicted octanol–water partition coefficient (Wildman–Crippen LogP) is 2.14. The summed E-state index contributed by atoms with van der Waals surface area (Å²) in [6, 6.07) is 10.0. The molecule has 2 heteroatoms. The van der Waals surface area contributed by atoms with E-state index < -0.39 is 13.8 Å². The Morgan fingerprint density at radius 1 is 1.08 bits per heavy atom. The quantitative estimate of drug-likeness (QED) is 0.666. The second kappa shape index (κ2) is 3.18. The summed E-state index contributed by atoms with van der Waals surface area (Å²) in [5, 5.41) is 0. The van der Waals surface area contributed by atoms with Gasteiger partial charge in [0.1, 0.15) is 0 Å². The van der Waals surface area contributed by atoms with Crippen LogP contribution in [0.25, 0.3) is 5.57 Å². The molecule has 0 radical (unpaired) electrons. The molecule has 12 heavy (non-hydrogen) atoms. The van der Waals surface area contributed by atoms with Crippen molar-refractivity contribution in [3.05, 3.63) is 51.9 Å². The Labute approximate surface area is 75.5 Å². The first-order valence-corrected chi connectivity index (χ1v) is 6.39. The first-order valence-electron chi connectivity index (χ1n) is 3.71. The molecule has 0 fully saturated rings. The number of hydrogen-bond donors (Lipinski definition) is 0. The molecule has 2 rings (SSSR count). The molecule has 1 aromatic carbocycles. The van der Waals surface area contributed by atoms with Crippen LogP contribution in [0, 0.1) is 0 Å². The van der Waals surface area contributed by atoms with Crippen molar-refractivity contribution in [3.63, 3.8) is 0 Å². The summed E-state index contributed by atoms with van der Waals surface area (Å²) in [6.45, 7) is 0. The molecule has 0 N–H and O–H groups in total. The third-order valence-electron chi connectivity index (χ3n) is 1.73. The standard InChI is InChI=1S/C10H8OSe/c11-12-7-6-10(8-12)9-4-2-1-3-5-9/h1-8H. The van der Waals surface area contributed by atoms with Gasteiger partial charge in [0.2, 0.25) is 0 Å². The molecule has 1 aliphatic rings. The van der Waals surface area contributed by atoms with Crippen LogP contribution in [-0.2, 0) is 3.83 Å². The van der Waals surface area contributed by atoms with Gasteiger partial charge >= 0.3 is 75.2 Å². The Morgan fingerprint density at radius 2 is 1.83 bits per heavy atom. The topological polar surface area (TPSA) is 17.1 Å². The fraction of sp³-hybridized carbons (Fsp3) is 0. The van der Waals surface area contributed by atoms with Gasteiger partial charge in [0.05, 0.1) is 0 Å². The minimum absolute atomic E-state index is 1.09. The zero-order valence-electron chi connectivity index (χ0n) is 6.44. The van der Waals surface area contributed by atoms with Crippen LogP contribution in [0.2, 0.25) is 0 Å². The summed E-state index contributed by atoms with van der Waals surface area (Å²) in [6.07, 6.45) is 1.94. The zero-order chi connectivity index (χ0) is 8.39. The van der Waals surface area contributed by atoms with Crippen molar-refractivity contribution in [2.75, 3.05) is 0 Å². The van der Waals surface area contributed by atoms with Crippen molar-refractivity contribution < 1.29 is 3.83 Å². The summed E-state index contributed by atoms with van der Waals surface area (Å²) >= 11 is -1.75. The minimum atomic E-state index is -1.75. The molecule has 1 atom stereocenters. The van der Waals surface area contributed by atoms with Gasteiger partial charge in [-0.2, -0.15) is 0 Å². The Balaban J connectivity index is 2.40. The van der Waals surface area contributed by atoms with E-state index in [1.807, 2.05) is 41.4 Å². The van der Waals surface area contributed by atoms with E-state index in [9.17, 15) is 3.83 Å². The first-order chi connectivity index (χ1) is 5.86. The van der Waals surface area contributed by atoms with Gasteiger partial charge in [0, 0.05) is 0 Å². The third kappa shape index (κ3) is 1.45. The molecule has 0 saturated carbocycles. The maximum atomic E-state index is 11.1. The molecular weight excluding hydrogens is 215 g/mol. The molecule has 0 aliphatic carbocycles. The van der Waals surface area contributed by atoms with E-state index in [1.165, 1.54) is 0 Å². The summed E-state index contributed by atoms with van der Waals surface area (Å²) in [4.78, 5) is 3.65. The van der Waals surface area contributed by atoms with E-state index in [0.717, 1.165) is 11.1 Å². The summed E-state index contributed by atoms with van der Waals surface area (Å²) in [7, 11) is 0. The first kappa shape index (κ1) is 7.66. The molecular formula is C10H8OSe. The predicted molar refractivity (Wildman–Crippen MR) is 50.0 cm³/mol. The average molecular weight is 223 g/mol. The van der Waals surface area contributed by atoms with E-state index in [2.05, 4.69) is 0 Å². The summed E-state index contributed by atoms with van der Waals surface area (Å²) in [5.41, 5.74) is 2.24. The molecule has 1 aromatic rings. The average Bonchev–Trinajstić information content (AvgIpc) is 2.54. The van der Waals surface area contributed by atoms with E-state index in [0.29, 0.717) is 0 Å². The van der Waals surface area contributed by atoms with Crippen molar-refractivity contribution in [1.29, 1.82) is 0 Å². The van der Waals surface area contributed by atoms with Crippen LogP contribution >= 0.6 is 0 Å². The van der Waals surface area contributed by atoms with E-state index in [4.69, 9.17) is 0 Å². The van der Waals surface area contributed by atoms with E-state index >= 15 is 0 Å². The number of benzene rings is 1. The van der Waals surface area contributed by atoms with Gasteiger partial charge < -0.3 is 0 Å². The van der Waals surface area contributed by atoms with Crippen molar-refractivity contribution in [1.82, 2.24) is 0 Å². The molecule has 0 saturated heterocycles. The van der Waals surface area contributed by atoms with E-state index in [-0.39, 0.29) is 0 Å². The summed E-state index contributed by atoms with van der Waals surface area (Å²) in [5.74, 6) is 0. The Morgan fingerprint density at radius 3 is 2.42 bits per heavy atom. The second-order valence-corrected chi connectivity index (χ2v) is 5.01. The normalized spacial score (nSPS) is 21.0. The van der Waals surface area contributed by atoms with Gasteiger partial charge in [0.15, 0.2) is 0 Å². The molecule has 0 bridgehead atoms. The van der Waals surface area contributed by atoms with Crippen LogP contribution in [0.1, 0.15) is 5.56 Å². The number of hydrogen-bond acceptors (Lipinski definition) is 1. The number of rotatable bonds is 1. The van der Waals surface area contributed by atoms with Crippen LogP contribution in [0.3, 0.4) is 0 Å². The van der Waals surface area contributed by atoms with Crippen LogP contribution in [0.4, 0.5) is 0 Å². The molecule has 1 aliphatic heterocycles. The van der Waals surface area contributed by atoms with Crippen molar-refractivity contribution >= 4 is 19.4 Å². The van der Waals surface area contributed by atoms with Gasteiger partial charge in [-0.3, -0.25) is 0 Å². The van der Waals surface area contributed by atoms with Crippen molar-refractivity contribution in [2.24, 2.45) is 0 Å². The Bertz CT molecular complexity index is 363. The molecule has 0 amide bonds. The van der Waals surface area contributed by atoms with Crippen LogP contribution in [-0.4, -0.2) is 13.8 Å². The molecule has 0 spiro atoms. The Kier molecular flexibility index (Phi) is 2.03. The SMILES string of the molecule is O=[Se]1C=CC(c2ccccc2)=C1. The van der Waals surface area contributed by atoms with Gasteiger partial charge in [-0.15, -0.1) is 0 Å². The zero-order valence-corrected chi connectivity index (χ0v) is 8.15.